The minimum atomic E-state index is -0.672. The van der Waals surface area contributed by atoms with Gasteiger partial charge in [-0.25, -0.2) is 0 Å². The summed E-state index contributed by atoms with van der Waals surface area (Å²) in [7, 11) is 0. The molecule has 1 aromatic heterocycles. The lowest BCUT2D eigenvalue weighted by Crippen LogP contribution is -2.57. The first-order chi connectivity index (χ1) is 10.1. The van der Waals surface area contributed by atoms with E-state index in [0.29, 0.717) is 18.9 Å². The van der Waals surface area contributed by atoms with E-state index in [0.717, 1.165) is 25.7 Å². The number of carbonyl (C=O) groups excluding carboxylic acids is 2. The van der Waals surface area contributed by atoms with E-state index in [2.05, 4.69) is 10.5 Å². The maximum absolute atomic E-state index is 12.4. The third-order valence-corrected chi connectivity index (χ3v) is 4.06. The fourth-order valence-corrected chi connectivity index (χ4v) is 3.07. The molecule has 21 heavy (non-hydrogen) atoms. The number of hydrogen-bond acceptors (Lipinski definition) is 5. The van der Waals surface area contributed by atoms with Crippen molar-refractivity contribution >= 4 is 17.6 Å². The van der Waals surface area contributed by atoms with Gasteiger partial charge in [0, 0.05) is 12.6 Å². The average molecular weight is 293 g/mol. The predicted octanol–water partition coefficient (Wildman–Crippen LogP) is 1.09. The summed E-state index contributed by atoms with van der Waals surface area (Å²) in [5.41, 5.74) is 0. The molecule has 1 saturated heterocycles. The molecule has 2 fully saturated rings. The number of fused-ring (bicyclic) bond motifs is 1. The summed E-state index contributed by atoms with van der Waals surface area (Å²) in [5.74, 6) is -0.346. The highest BCUT2D eigenvalue weighted by Gasteiger charge is 2.38. The quantitative estimate of drug-likeness (QED) is 0.784. The Labute approximate surface area is 122 Å². The molecule has 0 unspecified atom stereocenters. The van der Waals surface area contributed by atoms with Crippen LogP contribution in [0.1, 0.15) is 31.4 Å². The fourth-order valence-electron chi connectivity index (χ4n) is 3.07. The molecule has 114 valence electrons. The molecule has 1 aromatic rings. The van der Waals surface area contributed by atoms with Crippen LogP contribution in [0.2, 0.25) is 0 Å². The van der Waals surface area contributed by atoms with Crippen LogP contribution in [-0.2, 0) is 14.3 Å². The van der Waals surface area contributed by atoms with E-state index in [1.807, 2.05) is 0 Å². The number of carbonyl (C=O) groups is 2. The van der Waals surface area contributed by atoms with Gasteiger partial charge in [-0.1, -0.05) is 18.0 Å². The monoisotopic (exact) mass is 293 g/mol. The van der Waals surface area contributed by atoms with Gasteiger partial charge in [-0.05, 0) is 19.8 Å². The number of aromatic nitrogens is 1. The lowest BCUT2D eigenvalue weighted by atomic mass is 9.90. The van der Waals surface area contributed by atoms with Crippen molar-refractivity contribution in [3.63, 3.8) is 0 Å². The second-order valence-corrected chi connectivity index (χ2v) is 5.54. The van der Waals surface area contributed by atoms with E-state index in [1.165, 1.54) is 0 Å². The number of ether oxygens (including phenoxy) is 1. The van der Waals surface area contributed by atoms with Gasteiger partial charge in [0.2, 0.25) is 0 Å². The van der Waals surface area contributed by atoms with Gasteiger partial charge in [0.15, 0.2) is 5.82 Å². The van der Waals surface area contributed by atoms with Crippen molar-refractivity contribution in [1.29, 1.82) is 0 Å². The molecule has 1 N–H and O–H groups in total. The van der Waals surface area contributed by atoms with Crippen LogP contribution in [0.5, 0.6) is 0 Å². The maximum atomic E-state index is 12.4. The Kier molecular flexibility index (Phi) is 3.92. The van der Waals surface area contributed by atoms with Gasteiger partial charge in [-0.15, -0.1) is 0 Å². The van der Waals surface area contributed by atoms with Crippen molar-refractivity contribution < 1.29 is 18.8 Å². The maximum Gasteiger partial charge on any atom is 0.315 e. The Balaban J connectivity index is 1.67. The molecule has 0 aromatic carbocycles. The third kappa shape index (κ3) is 2.92. The standard InChI is InChI=1S/C14H19N3O4/c1-9-8-12(16-21-9)15-13(18)14(19)17-6-7-20-11-5-3-2-4-10(11)17/h8,10-11H,2-7H2,1H3,(H,15,16,18)/t10-,11+/m1/s1. The molecule has 1 saturated carbocycles. The van der Waals surface area contributed by atoms with Crippen molar-refractivity contribution in [2.75, 3.05) is 18.5 Å². The highest BCUT2D eigenvalue weighted by molar-refractivity contribution is 6.39. The van der Waals surface area contributed by atoms with Crippen LogP contribution in [0.3, 0.4) is 0 Å². The van der Waals surface area contributed by atoms with E-state index < -0.39 is 11.8 Å². The van der Waals surface area contributed by atoms with E-state index >= 15 is 0 Å². The number of morpholine rings is 1. The molecule has 0 spiro atoms. The summed E-state index contributed by atoms with van der Waals surface area (Å²) in [4.78, 5) is 26.1. The lowest BCUT2D eigenvalue weighted by molar-refractivity contribution is -0.156. The number of aryl methyl sites for hydroxylation is 1. The normalized spacial score (nSPS) is 25.3. The van der Waals surface area contributed by atoms with Crippen LogP contribution >= 0.6 is 0 Å². The highest BCUT2D eigenvalue weighted by Crippen LogP contribution is 2.28. The molecule has 2 heterocycles. The molecule has 2 atom stereocenters. The summed E-state index contributed by atoms with van der Waals surface area (Å²) in [6.07, 6.45) is 4.11. The number of nitrogens with one attached hydrogen (secondary N) is 1. The van der Waals surface area contributed by atoms with Gasteiger partial charge in [-0.2, -0.15) is 0 Å². The first-order valence-electron chi connectivity index (χ1n) is 7.32. The average Bonchev–Trinajstić information content (AvgIpc) is 2.91. The molecule has 0 radical (unpaired) electrons. The topological polar surface area (TPSA) is 84.7 Å². The highest BCUT2D eigenvalue weighted by atomic mass is 16.5. The number of anilines is 1. The van der Waals surface area contributed by atoms with Crippen molar-refractivity contribution in [3.8, 4) is 0 Å². The van der Waals surface area contributed by atoms with Crippen LogP contribution in [0.25, 0.3) is 0 Å². The summed E-state index contributed by atoms with van der Waals surface area (Å²) in [6, 6.07) is 1.60. The van der Waals surface area contributed by atoms with Crippen molar-refractivity contribution in [1.82, 2.24) is 10.1 Å². The van der Waals surface area contributed by atoms with E-state index in [9.17, 15) is 9.59 Å². The fraction of sp³-hybridized carbons (Fsp3) is 0.643. The first kappa shape index (κ1) is 14.1. The molecule has 7 heteroatoms. The van der Waals surface area contributed by atoms with Gasteiger partial charge in [0.25, 0.3) is 0 Å². The molecule has 7 nitrogen and oxygen atoms in total. The van der Waals surface area contributed by atoms with Crippen molar-refractivity contribution in [2.45, 2.75) is 44.8 Å². The number of amides is 2. The zero-order chi connectivity index (χ0) is 14.8. The second kappa shape index (κ2) is 5.85. The van der Waals surface area contributed by atoms with Crippen LogP contribution in [-0.4, -0.2) is 47.2 Å². The zero-order valence-corrected chi connectivity index (χ0v) is 12.0. The molecular formula is C14H19N3O4. The Bertz CT molecular complexity index is 540. The SMILES string of the molecule is Cc1cc(NC(=O)C(=O)N2CCO[C@H]3CCCC[C@H]32)no1. The van der Waals surface area contributed by atoms with E-state index in [1.54, 1.807) is 17.9 Å². The molecule has 0 bridgehead atoms. The second-order valence-electron chi connectivity index (χ2n) is 5.54. The molecule has 3 rings (SSSR count). The number of nitrogens with zero attached hydrogens (tertiary/aromatic N) is 2. The summed E-state index contributed by atoms with van der Waals surface area (Å²) in [6.45, 7) is 2.67. The van der Waals surface area contributed by atoms with E-state index in [-0.39, 0.29) is 18.0 Å². The largest absolute Gasteiger partial charge is 0.374 e. The van der Waals surface area contributed by atoms with Crippen LogP contribution in [0.15, 0.2) is 10.6 Å². The van der Waals surface area contributed by atoms with Crippen LogP contribution < -0.4 is 5.32 Å². The minimum absolute atomic E-state index is 0.0183. The lowest BCUT2D eigenvalue weighted by Gasteiger charge is -2.43. The van der Waals surface area contributed by atoms with Crippen molar-refractivity contribution in [2.24, 2.45) is 0 Å². The Morgan fingerprint density at radius 2 is 2.19 bits per heavy atom. The summed E-state index contributed by atoms with van der Waals surface area (Å²) < 4.78 is 10.6. The van der Waals surface area contributed by atoms with E-state index in [4.69, 9.17) is 9.26 Å². The minimum Gasteiger partial charge on any atom is -0.374 e. The van der Waals surface area contributed by atoms with Gasteiger partial charge in [-0.3, -0.25) is 14.9 Å². The summed E-state index contributed by atoms with van der Waals surface area (Å²) >= 11 is 0. The Morgan fingerprint density at radius 1 is 1.38 bits per heavy atom. The molecule has 2 aliphatic rings. The Hall–Kier alpha value is -1.89. The van der Waals surface area contributed by atoms with Gasteiger partial charge >= 0.3 is 11.8 Å². The smallest absolute Gasteiger partial charge is 0.315 e. The molecular weight excluding hydrogens is 274 g/mol. The van der Waals surface area contributed by atoms with Crippen LogP contribution in [0, 0.1) is 6.92 Å². The van der Waals surface area contributed by atoms with Gasteiger partial charge in [0.05, 0.1) is 18.8 Å². The Morgan fingerprint density at radius 3 is 2.95 bits per heavy atom. The van der Waals surface area contributed by atoms with Gasteiger partial charge < -0.3 is 14.2 Å². The molecule has 1 aliphatic carbocycles. The number of rotatable bonds is 1. The van der Waals surface area contributed by atoms with Crippen molar-refractivity contribution in [3.05, 3.63) is 11.8 Å². The summed E-state index contributed by atoms with van der Waals surface area (Å²) in [5, 5.41) is 6.14. The van der Waals surface area contributed by atoms with Gasteiger partial charge in [0.1, 0.15) is 5.76 Å². The zero-order valence-electron chi connectivity index (χ0n) is 12.0. The molecule has 2 amide bonds. The third-order valence-electron chi connectivity index (χ3n) is 4.06. The number of hydrogen-bond donors (Lipinski definition) is 1. The predicted molar refractivity (Wildman–Crippen MR) is 73.6 cm³/mol. The van der Waals surface area contributed by atoms with Crippen LogP contribution in [0.4, 0.5) is 5.82 Å². The molecule has 1 aliphatic heterocycles. The first-order valence-corrected chi connectivity index (χ1v) is 7.32.